The molecule has 5 heteroatoms. The summed E-state index contributed by atoms with van der Waals surface area (Å²) in [5.41, 5.74) is 7.23. The Hall–Kier alpha value is -2.14. The van der Waals surface area contributed by atoms with Crippen LogP contribution < -0.4 is 11.1 Å². The van der Waals surface area contributed by atoms with Gasteiger partial charge < -0.3 is 15.6 Å². The van der Waals surface area contributed by atoms with E-state index < -0.39 is 0 Å². The van der Waals surface area contributed by atoms with Crippen LogP contribution in [-0.2, 0) is 13.1 Å². The molecular weight excluding hydrogens is 264 g/mol. The van der Waals surface area contributed by atoms with Gasteiger partial charge in [-0.05, 0) is 30.5 Å². The molecule has 0 saturated carbocycles. The minimum absolute atomic E-state index is 0.0484. The molecule has 0 saturated heterocycles. The molecule has 0 bridgehead atoms. The van der Waals surface area contributed by atoms with E-state index in [-0.39, 0.29) is 5.91 Å². The number of nitrogens with zero attached hydrogens (tertiary/aromatic N) is 2. The van der Waals surface area contributed by atoms with Crippen LogP contribution in [0.15, 0.2) is 36.7 Å². The van der Waals surface area contributed by atoms with Gasteiger partial charge >= 0.3 is 0 Å². The number of rotatable bonds is 6. The molecule has 112 valence electrons. The van der Waals surface area contributed by atoms with E-state index in [1.165, 1.54) is 0 Å². The highest BCUT2D eigenvalue weighted by Gasteiger charge is 2.09. The zero-order valence-corrected chi connectivity index (χ0v) is 12.5. The molecular formula is C16H22N4O. The van der Waals surface area contributed by atoms with Gasteiger partial charge in [0.2, 0.25) is 0 Å². The third-order valence-corrected chi connectivity index (χ3v) is 3.49. The smallest absolute Gasteiger partial charge is 0.251 e. The topological polar surface area (TPSA) is 72.9 Å². The van der Waals surface area contributed by atoms with Gasteiger partial charge in [0.1, 0.15) is 5.82 Å². The van der Waals surface area contributed by atoms with Gasteiger partial charge in [-0.1, -0.05) is 19.1 Å². The number of carbonyl (C=O) groups excluding carboxylic acids is 1. The number of benzene rings is 1. The van der Waals surface area contributed by atoms with Gasteiger partial charge in [-0.3, -0.25) is 4.79 Å². The van der Waals surface area contributed by atoms with E-state index in [1.807, 2.05) is 37.4 Å². The summed E-state index contributed by atoms with van der Waals surface area (Å²) < 4.78 is 2.09. The van der Waals surface area contributed by atoms with Gasteiger partial charge in [0.05, 0.1) is 0 Å². The number of aromatic nitrogens is 2. The maximum atomic E-state index is 12.1. The zero-order valence-electron chi connectivity index (χ0n) is 12.5. The first kappa shape index (κ1) is 15.3. The fourth-order valence-corrected chi connectivity index (χ4v) is 2.16. The number of nitrogens with one attached hydrogen (secondary N) is 1. The van der Waals surface area contributed by atoms with Crippen molar-refractivity contribution in [3.8, 4) is 0 Å². The van der Waals surface area contributed by atoms with Crippen molar-refractivity contribution in [1.29, 1.82) is 0 Å². The van der Waals surface area contributed by atoms with Gasteiger partial charge in [-0.25, -0.2) is 4.98 Å². The number of aryl methyl sites for hydroxylation is 1. The molecule has 2 aromatic rings. The van der Waals surface area contributed by atoms with E-state index in [9.17, 15) is 4.79 Å². The van der Waals surface area contributed by atoms with Crippen LogP contribution in [0.2, 0.25) is 0 Å². The Kier molecular flexibility index (Phi) is 5.11. The highest BCUT2D eigenvalue weighted by Crippen LogP contribution is 2.05. The molecule has 0 aliphatic rings. The predicted octanol–water partition coefficient (Wildman–Crippen LogP) is 1.72. The number of imidazole rings is 1. The van der Waals surface area contributed by atoms with E-state index in [0.29, 0.717) is 24.6 Å². The molecule has 5 nitrogen and oxygen atoms in total. The number of nitrogens with two attached hydrogens (primary N) is 1. The summed E-state index contributed by atoms with van der Waals surface area (Å²) in [7, 11) is 0. The SMILES string of the molecule is Cc1nccn1CC(C)CNC(=O)c1ccc(CN)cc1. The maximum Gasteiger partial charge on any atom is 0.251 e. The van der Waals surface area contributed by atoms with Gasteiger partial charge in [0, 0.05) is 37.6 Å². The van der Waals surface area contributed by atoms with Crippen molar-refractivity contribution < 1.29 is 4.79 Å². The molecule has 1 aromatic heterocycles. The number of amides is 1. The Balaban J connectivity index is 1.84. The quantitative estimate of drug-likeness (QED) is 0.849. The van der Waals surface area contributed by atoms with Crippen LogP contribution in [0, 0.1) is 12.8 Å². The molecule has 0 radical (unpaired) electrons. The largest absolute Gasteiger partial charge is 0.352 e. The molecule has 21 heavy (non-hydrogen) atoms. The van der Waals surface area contributed by atoms with Crippen LogP contribution in [0.5, 0.6) is 0 Å². The summed E-state index contributed by atoms with van der Waals surface area (Å²) >= 11 is 0. The molecule has 0 aliphatic heterocycles. The third kappa shape index (κ3) is 4.16. The fraction of sp³-hybridized carbons (Fsp3) is 0.375. The predicted molar refractivity (Wildman–Crippen MR) is 82.8 cm³/mol. The normalized spacial score (nSPS) is 12.1. The van der Waals surface area contributed by atoms with Crippen LogP contribution in [0.25, 0.3) is 0 Å². The van der Waals surface area contributed by atoms with Crippen LogP contribution in [0.4, 0.5) is 0 Å². The van der Waals surface area contributed by atoms with Crippen LogP contribution >= 0.6 is 0 Å². The molecule has 0 spiro atoms. The van der Waals surface area contributed by atoms with Gasteiger partial charge in [0.15, 0.2) is 0 Å². The van der Waals surface area contributed by atoms with E-state index in [4.69, 9.17) is 5.73 Å². The van der Waals surface area contributed by atoms with Crippen LogP contribution in [0.3, 0.4) is 0 Å². The van der Waals surface area contributed by atoms with E-state index in [0.717, 1.165) is 17.9 Å². The monoisotopic (exact) mass is 286 g/mol. The average Bonchev–Trinajstić information content (AvgIpc) is 2.90. The lowest BCUT2D eigenvalue weighted by Crippen LogP contribution is -2.30. The molecule has 1 heterocycles. The van der Waals surface area contributed by atoms with E-state index >= 15 is 0 Å². The van der Waals surface area contributed by atoms with Crippen molar-refractivity contribution in [2.75, 3.05) is 6.54 Å². The summed E-state index contributed by atoms with van der Waals surface area (Å²) in [5, 5.41) is 2.96. The molecule has 1 amide bonds. The molecule has 3 N–H and O–H groups in total. The molecule has 0 aliphatic carbocycles. The fourth-order valence-electron chi connectivity index (χ4n) is 2.16. The van der Waals surface area contributed by atoms with E-state index in [1.54, 1.807) is 6.20 Å². The number of hydrogen-bond acceptors (Lipinski definition) is 3. The van der Waals surface area contributed by atoms with Crippen molar-refractivity contribution in [2.45, 2.75) is 26.9 Å². The second-order valence-electron chi connectivity index (χ2n) is 5.34. The van der Waals surface area contributed by atoms with Gasteiger partial charge in [-0.2, -0.15) is 0 Å². The van der Waals surface area contributed by atoms with Crippen molar-refractivity contribution in [2.24, 2.45) is 11.7 Å². The Morgan fingerprint density at radius 2 is 2.10 bits per heavy atom. The first-order valence-electron chi connectivity index (χ1n) is 7.15. The van der Waals surface area contributed by atoms with Crippen molar-refractivity contribution >= 4 is 5.91 Å². The lowest BCUT2D eigenvalue weighted by atomic mass is 10.1. The maximum absolute atomic E-state index is 12.1. The van der Waals surface area contributed by atoms with Crippen molar-refractivity contribution in [3.63, 3.8) is 0 Å². The second-order valence-corrected chi connectivity index (χ2v) is 5.34. The average molecular weight is 286 g/mol. The van der Waals surface area contributed by atoms with Crippen LogP contribution in [0.1, 0.15) is 28.7 Å². The molecule has 1 atom stereocenters. The van der Waals surface area contributed by atoms with Crippen LogP contribution in [-0.4, -0.2) is 22.0 Å². The highest BCUT2D eigenvalue weighted by atomic mass is 16.1. The van der Waals surface area contributed by atoms with Crippen molar-refractivity contribution in [3.05, 3.63) is 53.6 Å². The standard InChI is InChI=1S/C16H22N4O/c1-12(11-20-8-7-18-13(20)2)10-19-16(21)15-5-3-14(9-17)4-6-15/h3-8,12H,9-11,17H2,1-2H3,(H,19,21). The Morgan fingerprint density at radius 1 is 1.38 bits per heavy atom. The molecule has 1 aromatic carbocycles. The first-order chi connectivity index (χ1) is 10.1. The number of carbonyl (C=O) groups is 1. The summed E-state index contributed by atoms with van der Waals surface area (Å²) in [5.74, 6) is 1.28. The summed E-state index contributed by atoms with van der Waals surface area (Å²) in [6.45, 7) is 6.05. The minimum Gasteiger partial charge on any atom is -0.352 e. The molecule has 1 unspecified atom stereocenters. The molecule has 0 fully saturated rings. The summed E-state index contributed by atoms with van der Waals surface area (Å²) in [4.78, 5) is 16.3. The summed E-state index contributed by atoms with van der Waals surface area (Å²) in [6.07, 6.45) is 3.75. The summed E-state index contributed by atoms with van der Waals surface area (Å²) in [6, 6.07) is 7.38. The lowest BCUT2D eigenvalue weighted by molar-refractivity contribution is 0.0947. The number of hydrogen-bond donors (Lipinski definition) is 2. The Labute approximate surface area is 125 Å². The minimum atomic E-state index is -0.0484. The molecule has 2 rings (SSSR count). The highest BCUT2D eigenvalue weighted by molar-refractivity contribution is 5.94. The lowest BCUT2D eigenvalue weighted by Gasteiger charge is -2.14. The van der Waals surface area contributed by atoms with Gasteiger partial charge in [-0.15, -0.1) is 0 Å². The second kappa shape index (κ2) is 7.04. The Morgan fingerprint density at radius 3 is 2.67 bits per heavy atom. The van der Waals surface area contributed by atoms with E-state index in [2.05, 4.69) is 21.8 Å². The van der Waals surface area contributed by atoms with Gasteiger partial charge in [0.25, 0.3) is 5.91 Å². The first-order valence-corrected chi connectivity index (χ1v) is 7.15. The third-order valence-electron chi connectivity index (χ3n) is 3.49. The zero-order chi connectivity index (χ0) is 15.2. The van der Waals surface area contributed by atoms with Crippen molar-refractivity contribution in [1.82, 2.24) is 14.9 Å². The Bertz CT molecular complexity index is 589.